The highest BCUT2D eigenvalue weighted by atomic mass is 19.1. The van der Waals surface area contributed by atoms with Crippen LogP contribution in [0.1, 0.15) is 23.2 Å². The lowest BCUT2D eigenvalue weighted by atomic mass is 10.1. The first-order chi connectivity index (χ1) is 10.0. The topological polar surface area (TPSA) is 84.9 Å². The Kier molecular flexibility index (Phi) is 4.74. The van der Waals surface area contributed by atoms with Crippen molar-refractivity contribution in [2.75, 3.05) is 13.7 Å². The third kappa shape index (κ3) is 3.69. The highest BCUT2D eigenvalue weighted by molar-refractivity contribution is 5.94. The van der Waals surface area contributed by atoms with Gasteiger partial charge in [0.1, 0.15) is 11.6 Å². The standard InChI is InChI=1S/C14H16FNO5/c1-20-8-2-4-10(11(15)6-8)13(17)16-7-9-3-5-12(21-9)14(18)19/h2,4,6,9,12H,3,5,7H2,1H3,(H,16,17)(H,18,19). The van der Waals surface area contributed by atoms with E-state index in [1.54, 1.807) is 0 Å². The molecule has 0 saturated carbocycles. The molecule has 1 saturated heterocycles. The molecule has 2 N–H and O–H groups in total. The summed E-state index contributed by atoms with van der Waals surface area (Å²) in [6.45, 7) is 0.147. The van der Waals surface area contributed by atoms with Crippen molar-refractivity contribution in [3.8, 4) is 5.75 Å². The Morgan fingerprint density at radius 2 is 2.24 bits per heavy atom. The van der Waals surface area contributed by atoms with Crippen LogP contribution >= 0.6 is 0 Å². The molecular weight excluding hydrogens is 281 g/mol. The minimum absolute atomic E-state index is 0.0939. The minimum atomic E-state index is -1.01. The van der Waals surface area contributed by atoms with Gasteiger partial charge in [-0.25, -0.2) is 9.18 Å². The second-order valence-electron chi connectivity index (χ2n) is 4.72. The Bertz CT molecular complexity index is 548. The fraction of sp³-hybridized carbons (Fsp3) is 0.429. The monoisotopic (exact) mass is 297 g/mol. The van der Waals surface area contributed by atoms with Crippen LogP contribution in [0.3, 0.4) is 0 Å². The molecular formula is C14H16FNO5. The predicted molar refractivity (Wildman–Crippen MR) is 70.8 cm³/mol. The van der Waals surface area contributed by atoms with E-state index in [1.165, 1.54) is 19.2 Å². The first kappa shape index (κ1) is 15.2. The summed E-state index contributed by atoms with van der Waals surface area (Å²) in [5, 5.41) is 11.3. The lowest BCUT2D eigenvalue weighted by Crippen LogP contribution is -2.33. The van der Waals surface area contributed by atoms with Crippen LogP contribution in [0.5, 0.6) is 5.75 Å². The summed E-state index contributed by atoms with van der Waals surface area (Å²) in [6, 6.07) is 3.95. The van der Waals surface area contributed by atoms with Crippen molar-refractivity contribution >= 4 is 11.9 Å². The zero-order valence-electron chi connectivity index (χ0n) is 11.5. The number of carbonyl (C=O) groups is 2. The maximum atomic E-state index is 13.7. The van der Waals surface area contributed by atoms with Crippen LogP contribution in [0.25, 0.3) is 0 Å². The number of hydrogen-bond acceptors (Lipinski definition) is 4. The van der Waals surface area contributed by atoms with Crippen molar-refractivity contribution in [2.45, 2.75) is 25.0 Å². The molecule has 0 spiro atoms. The summed E-state index contributed by atoms with van der Waals surface area (Å²) in [4.78, 5) is 22.6. The van der Waals surface area contributed by atoms with Gasteiger partial charge in [0.15, 0.2) is 6.10 Å². The number of ether oxygens (including phenoxy) is 2. The number of rotatable bonds is 5. The molecule has 114 valence electrons. The van der Waals surface area contributed by atoms with Gasteiger partial charge in [0.25, 0.3) is 5.91 Å². The number of methoxy groups -OCH3 is 1. The maximum Gasteiger partial charge on any atom is 0.332 e. The fourth-order valence-corrected chi connectivity index (χ4v) is 2.15. The van der Waals surface area contributed by atoms with Crippen molar-refractivity contribution in [3.05, 3.63) is 29.6 Å². The molecule has 1 aromatic carbocycles. The molecule has 7 heteroatoms. The zero-order valence-corrected chi connectivity index (χ0v) is 11.5. The molecule has 0 aromatic heterocycles. The van der Waals surface area contributed by atoms with Crippen LogP contribution in [0.4, 0.5) is 4.39 Å². The van der Waals surface area contributed by atoms with E-state index in [9.17, 15) is 14.0 Å². The summed E-state index contributed by atoms with van der Waals surface area (Å²) in [6.07, 6.45) is -0.240. The van der Waals surface area contributed by atoms with Crippen molar-refractivity contribution in [1.82, 2.24) is 5.32 Å². The number of amides is 1. The van der Waals surface area contributed by atoms with E-state index < -0.39 is 23.8 Å². The predicted octanol–water partition coefficient (Wildman–Crippen LogP) is 1.20. The van der Waals surface area contributed by atoms with Gasteiger partial charge >= 0.3 is 5.97 Å². The highest BCUT2D eigenvalue weighted by Gasteiger charge is 2.30. The van der Waals surface area contributed by atoms with E-state index >= 15 is 0 Å². The summed E-state index contributed by atoms with van der Waals surface area (Å²) in [5.41, 5.74) is -0.0939. The molecule has 1 aliphatic rings. The molecule has 0 radical (unpaired) electrons. The SMILES string of the molecule is COc1ccc(C(=O)NCC2CCC(C(=O)O)O2)c(F)c1. The minimum Gasteiger partial charge on any atom is -0.497 e. The number of carboxylic acids is 1. The van der Waals surface area contributed by atoms with Gasteiger partial charge in [-0.2, -0.15) is 0 Å². The van der Waals surface area contributed by atoms with Crippen LogP contribution in [0, 0.1) is 5.82 Å². The molecule has 1 amide bonds. The van der Waals surface area contributed by atoms with Gasteiger partial charge < -0.3 is 19.9 Å². The van der Waals surface area contributed by atoms with E-state index in [-0.39, 0.29) is 18.2 Å². The Labute approximate surface area is 120 Å². The number of carbonyl (C=O) groups excluding carboxylic acids is 1. The number of halogens is 1. The third-order valence-electron chi connectivity index (χ3n) is 3.29. The van der Waals surface area contributed by atoms with E-state index in [0.717, 1.165) is 6.07 Å². The normalized spacial score (nSPS) is 21.0. The van der Waals surface area contributed by atoms with E-state index in [0.29, 0.717) is 18.6 Å². The summed E-state index contributed by atoms with van der Waals surface area (Å²) in [7, 11) is 1.41. The van der Waals surface area contributed by atoms with Crippen LogP contribution in [-0.4, -0.2) is 42.8 Å². The number of hydrogen-bond donors (Lipinski definition) is 2. The Balaban J connectivity index is 1.89. The molecule has 2 rings (SSSR count). The average molecular weight is 297 g/mol. The number of aliphatic carboxylic acids is 1. The first-order valence-corrected chi connectivity index (χ1v) is 6.51. The molecule has 6 nitrogen and oxygen atoms in total. The first-order valence-electron chi connectivity index (χ1n) is 6.51. The van der Waals surface area contributed by atoms with E-state index in [4.69, 9.17) is 14.6 Å². The lowest BCUT2D eigenvalue weighted by Gasteiger charge is -2.12. The van der Waals surface area contributed by atoms with Crippen molar-refractivity contribution in [1.29, 1.82) is 0 Å². The second-order valence-corrected chi connectivity index (χ2v) is 4.72. The van der Waals surface area contributed by atoms with Gasteiger partial charge in [0.05, 0.1) is 18.8 Å². The molecule has 21 heavy (non-hydrogen) atoms. The molecule has 1 fully saturated rings. The Hall–Kier alpha value is -2.15. The van der Waals surface area contributed by atoms with Gasteiger partial charge in [-0.1, -0.05) is 0 Å². The van der Waals surface area contributed by atoms with Crippen LogP contribution in [0.15, 0.2) is 18.2 Å². The van der Waals surface area contributed by atoms with Crippen LogP contribution in [0.2, 0.25) is 0 Å². The largest absolute Gasteiger partial charge is 0.497 e. The van der Waals surface area contributed by atoms with E-state index in [2.05, 4.69) is 5.32 Å². The molecule has 0 bridgehead atoms. The molecule has 2 unspecified atom stereocenters. The maximum absolute atomic E-state index is 13.7. The summed E-state index contributed by atoms with van der Waals surface area (Å²) < 4.78 is 23.8. The van der Waals surface area contributed by atoms with Gasteiger partial charge in [0, 0.05) is 12.6 Å². The summed E-state index contributed by atoms with van der Waals surface area (Å²) in [5.74, 6) is -1.93. The molecule has 1 heterocycles. The van der Waals surface area contributed by atoms with Crippen molar-refractivity contribution < 1.29 is 28.6 Å². The second kappa shape index (κ2) is 6.53. The van der Waals surface area contributed by atoms with Crippen LogP contribution in [-0.2, 0) is 9.53 Å². The third-order valence-corrected chi connectivity index (χ3v) is 3.29. The van der Waals surface area contributed by atoms with Crippen molar-refractivity contribution in [2.24, 2.45) is 0 Å². The quantitative estimate of drug-likeness (QED) is 0.853. The molecule has 1 aliphatic heterocycles. The number of nitrogens with one attached hydrogen (secondary N) is 1. The smallest absolute Gasteiger partial charge is 0.332 e. The number of benzene rings is 1. The molecule has 2 atom stereocenters. The zero-order chi connectivity index (χ0) is 15.4. The fourth-order valence-electron chi connectivity index (χ4n) is 2.15. The Morgan fingerprint density at radius 1 is 1.48 bits per heavy atom. The summed E-state index contributed by atoms with van der Waals surface area (Å²) >= 11 is 0. The number of carboxylic acid groups (broad SMARTS) is 1. The average Bonchev–Trinajstić information content (AvgIpc) is 2.93. The van der Waals surface area contributed by atoms with Gasteiger partial charge in [-0.05, 0) is 25.0 Å². The molecule has 0 aliphatic carbocycles. The van der Waals surface area contributed by atoms with Crippen molar-refractivity contribution in [3.63, 3.8) is 0 Å². The molecule has 1 aromatic rings. The Morgan fingerprint density at radius 3 is 2.81 bits per heavy atom. The van der Waals surface area contributed by atoms with Crippen LogP contribution < -0.4 is 10.1 Å². The lowest BCUT2D eigenvalue weighted by molar-refractivity contribution is -0.149. The van der Waals surface area contributed by atoms with E-state index in [1.807, 2.05) is 0 Å². The van der Waals surface area contributed by atoms with Gasteiger partial charge in [-0.15, -0.1) is 0 Å². The highest BCUT2D eigenvalue weighted by Crippen LogP contribution is 2.20. The van der Waals surface area contributed by atoms with Gasteiger partial charge in [-0.3, -0.25) is 4.79 Å². The van der Waals surface area contributed by atoms with Gasteiger partial charge in [0.2, 0.25) is 0 Å².